The van der Waals surface area contributed by atoms with Gasteiger partial charge in [0.15, 0.2) is 0 Å². The Kier molecular flexibility index (Phi) is 3.37. The molecule has 90 valence electrons. The fourth-order valence-electron chi connectivity index (χ4n) is 1.72. The first-order chi connectivity index (χ1) is 8.22. The topological polar surface area (TPSA) is 50.7 Å². The number of aromatic nitrogens is 3. The van der Waals surface area contributed by atoms with Gasteiger partial charge in [-0.05, 0) is 12.5 Å². The fraction of sp³-hybridized carbons (Fsp3) is 0.333. The number of nitrogens with zero attached hydrogens (tertiary/aromatic N) is 2. The van der Waals surface area contributed by atoms with E-state index >= 15 is 0 Å². The summed E-state index contributed by atoms with van der Waals surface area (Å²) < 4.78 is 15.0. The molecule has 2 rings (SSSR count). The van der Waals surface area contributed by atoms with Crippen molar-refractivity contribution in [2.75, 3.05) is 0 Å². The van der Waals surface area contributed by atoms with Crippen LogP contribution >= 0.6 is 0 Å². The summed E-state index contributed by atoms with van der Waals surface area (Å²) in [5.74, 6) is 0.365. The molecule has 2 aromatic rings. The van der Waals surface area contributed by atoms with Crippen molar-refractivity contribution in [3.05, 3.63) is 52.0 Å². The molecular formula is C12H14FN3O. The second-order valence-corrected chi connectivity index (χ2v) is 3.87. The highest BCUT2D eigenvalue weighted by atomic mass is 19.1. The first-order valence-corrected chi connectivity index (χ1v) is 5.60. The minimum absolute atomic E-state index is 0.220. The van der Waals surface area contributed by atoms with Crippen molar-refractivity contribution in [1.29, 1.82) is 0 Å². The molecule has 0 unspecified atom stereocenters. The molecule has 1 aromatic heterocycles. The van der Waals surface area contributed by atoms with Crippen LogP contribution in [0.5, 0.6) is 0 Å². The van der Waals surface area contributed by atoms with E-state index in [1.54, 1.807) is 18.2 Å². The third kappa shape index (κ3) is 2.43. The number of H-pyrrole nitrogens is 1. The molecule has 0 spiro atoms. The van der Waals surface area contributed by atoms with Gasteiger partial charge in [0.25, 0.3) is 0 Å². The molecule has 1 aromatic carbocycles. The Hall–Kier alpha value is -1.91. The van der Waals surface area contributed by atoms with E-state index in [2.05, 4.69) is 10.2 Å². The Morgan fingerprint density at radius 1 is 1.41 bits per heavy atom. The number of hydrogen-bond acceptors (Lipinski definition) is 2. The summed E-state index contributed by atoms with van der Waals surface area (Å²) in [5, 5.41) is 6.33. The van der Waals surface area contributed by atoms with E-state index in [1.807, 2.05) is 6.92 Å². The van der Waals surface area contributed by atoms with Gasteiger partial charge in [0.05, 0.1) is 6.54 Å². The van der Waals surface area contributed by atoms with E-state index in [4.69, 9.17) is 0 Å². The SMILES string of the molecule is CCCc1n[nH]c(=O)n1Cc1ccccc1F. The normalized spacial score (nSPS) is 10.7. The van der Waals surface area contributed by atoms with Crippen LogP contribution in [-0.2, 0) is 13.0 Å². The molecule has 0 saturated carbocycles. The quantitative estimate of drug-likeness (QED) is 0.877. The third-order valence-corrected chi connectivity index (χ3v) is 2.60. The van der Waals surface area contributed by atoms with Crippen molar-refractivity contribution in [3.8, 4) is 0 Å². The van der Waals surface area contributed by atoms with Crippen LogP contribution in [0, 0.1) is 5.82 Å². The van der Waals surface area contributed by atoms with E-state index < -0.39 is 0 Å². The van der Waals surface area contributed by atoms with E-state index in [0.29, 0.717) is 17.8 Å². The highest BCUT2D eigenvalue weighted by Crippen LogP contribution is 2.08. The summed E-state index contributed by atoms with van der Waals surface area (Å²) in [5.41, 5.74) is 0.199. The zero-order valence-corrected chi connectivity index (χ0v) is 9.61. The molecule has 0 radical (unpaired) electrons. The standard InChI is InChI=1S/C12H14FN3O/c1-2-5-11-14-15-12(17)16(11)8-9-6-3-4-7-10(9)13/h3-4,6-7H,2,5,8H2,1H3,(H,15,17). The van der Waals surface area contributed by atoms with Crippen LogP contribution in [0.2, 0.25) is 0 Å². The number of hydrogen-bond donors (Lipinski definition) is 1. The van der Waals surface area contributed by atoms with Gasteiger partial charge in [0.2, 0.25) is 0 Å². The first-order valence-electron chi connectivity index (χ1n) is 5.60. The molecule has 0 bridgehead atoms. The summed E-state index contributed by atoms with van der Waals surface area (Å²) in [6.45, 7) is 2.23. The highest BCUT2D eigenvalue weighted by Gasteiger charge is 2.09. The van der Waals surface area contributed by atoms with Crippen LogP contribution in [0.4, 0.5) is 4.39 Å². The summed E-state index contributed by atoms with van der Waals surface area (Å²) in [7, 11) is 0. The number of aromatic amines is 1. The fourth-order valence-corrected chi connectivity index (χ4v) is 1.72. The molecule has 0 fully saturated rings. The molecule has 17 heavy (non-hydrogen) atoms. The maximum Gasteiger partial charge on any atom is 0.343 e. The van der Waals surface area contributed by atoms with Crippen LogP contribution in [-0.4, -0.2) is 14.8 Å². The summed E-state index contributed by atoms with van der Waals surface area (Å²) in [6.07, 6.45) is 1.59. The van der Waals surface area contributed by atoms with E-state index in [1.165, 1.54) is 10.6 Å². The molecule has 1 heterocycles. The van der Waals surface area contributed by atoms with E-state index in [9.17, 15) is 9.18 Å². The third-order valence-electron chi connectivity index (χ3n) is 2.60. The second-order valence-electron chi connectivity index (χ2n) is 3.87. The summed E-state index contributed by atoms with van der Waals surface area (Å²) >= 11 is 0. The van der Waals surface area contributed by atoms with Crippen LogP contribution in [0.3, 0.4) is 0 Å². The lowest BCUT2D eigenvalue weighted by molar-refractivity contribution is 0.589. The van der Waals surface area contributed by atoms with Crippen LogP contribution < -0.4 is 5.69 Å². The Balaban J connectivity index is 2.33. The maximum atomic E-state index is 13.5. The molecule has 4 nitrogen and oxygen atoms in total. The summed E-state index contributed by atoms with van der Waals surface area (Å²) in [6, 6.07) is 6.44. The van der Waals surface area contributed by atoms with E-state index in [0.717, 1.165) is 6.42 Å². The molecule has 0 aliphatic rings. The Bertz CT molecular complexity index is 559. The van der Waals surface area contributed by atoms with E-state index in [-0.39, 0.29) is 18.1 Å². The predicted molar refractivity (Wildman–Crippen MR) is 62.3 cm³/mol. The molecule has 0 aliphatic heterocycles. The monoisotopic (exact) mass is 235 g/mol. The second kappa shape index (κ2) is 4.95. The lowest BCUT2D eigenvalue weighted by atomic mass is 10.2. The molecule has 1 N–H and O–H groups in total. The van der Waals surface area contributed by atoms with Gasteiger partial charge in [0.1, 0.15) is 11.6 Å². The van der Waals surface area contributed by atoms with Gasteiger partial charge in [-0.2, -0.15) is 5.10 Å². The number of halogens is 1. The zero-order valence-electron chi connectivity index (χ0n) is 9.61. The highest BCUT2D eigenvalue weighted by molar-refractivity contribution is 5.17. The van der Waals surface area contributed by atoms with Crippen molar-refractivity contribution in [2.24, 2.45) is 0 Å². The van der Waals surface area contributed by atoms with Crippen LogP contribution in [0.15, 0.2) is 29.1 Å². The lowest BCUT2D eigenvalue weighted by Gasteiger charge is -2.05. The molecular weight excluding hydrogens is 221 g/mol. The van der Waals surface area contributed by atoms with Crippen molar-refractivity contribution in [3.63, 3.8) is 0 Å². The van der Waals surface area contributed by atoms with Gasteiger partial charge in [-0.15, -0.1) is 0 Å². The Labute approximate surface area is 98.1 Å². The number of aryl methyl sites for hydroxylation is 1. The summed E-state index contributed by atoms with van der Waals surface area (Å²) in [4.78, 5) is 11.6. The average Bonchev–Trinajstić information content (AvgIpc) is 2.65. The molecule has 0 amide bonds. The van der Waals surface area contributed by atoms with Crippen LogP contribution in [0.25, 0.3) is 0 Å². The van der Waals surface area contributed by atoms with Gasteiger partial charge in [-0.3, -0.25) is 4.57 Å². The first kappa shape index (κ1) is 11.6. The van der Waals surface area contributed by atoms with Crippen molar-refractivity contribution in [1.82, 2.24) is 14.8 Å². The van der Waals surface area contributed by atoms with Gasteiger partial charge in [-0.25, -0.2) is 14.3 Å². The number of benzene rings is 1. The number of rotatable bonds is 4. The molecule has 0 aliphatic carbocycles. The van der Waals surface area contributed by atoms with Gasteiger partial charge in [0, 0.05) is 12.0 Å². The minimum Gasteiger partial charge on any atom is -0.275 e. The Morgan fingerprint density at radius 2 is 2.18 bits per heavy atom. The average molecular weight is 235 g/mol. The van der Waals surface area contributed by atoms with Crippen LogP contribution in [0.1, 0.15) is 24.7 Å². The zero-order chi connectivity index (χ0) is 12.3. The Morgan fingerprint density at radius 3 is 2.88 bits per heavy atom. The predicted octanol–water partition coefficient (Wildman–Crippen LogP) is 1.71. The van der Waals surface area contributed by atoms with Gasteiger partial charge < -0.3 is 0 Å². The molecule has 0 saturated heterocycles. The van der Waals surface area contributed by atoms with Gasteiger partial charge in [-0.1, -0.05) is 25.1 Å². The molecule has 0 atom stereocenters. The lowest BCUT2D eigenvalue weighted by Crippen LogP contribution is -2.20. The smallest absolute Gasteiger partial charge is 0.275 e. The molecule has 5 heteroatoms. The maximum absolute atomic E-state index is 13.5. The van der Waals surface area contributed by atoms with Crippen molar-refractivity contribution >= 4 is 0 Å². The number of nitrogens with one attached hydrogen (secondary N) is 1. The minimum atomic E-state index is -0.303. The largest absolute Gasteiger partial charge is 0.343 e. The van der Waals surface area contributed by atoms with Crippen molar-refractivity contribution in [2.45, 2.75) is 26.3 Å². The van der Waals surface area contributed by atoms with Gasteiger partial charge >= 0.3 is 5.69 Å². The van der Waals surface area contributed by atoms with Crippen molar-refractivity contribution < 1.29 is 4.39 Å².